The molecule has 1 saturated carbocycles. The molecule has 0 bridgehead atoms. The van der Waals surface area contributed by atoms with Crippen molar-refractivity contribution in [2.45, 2.75) is 38.1 Å². The van der Waals surface area contributed by atoms with Crippen molar-refractivity contribution >= 4 is 11.1 Å². The van der Waals surface area contributed by atoms with Crippen molar-refractivity contribution in [2.24, 2.45) is 5.73 Å². The van der Waals surface area contributed by atoms with Gasteiger partial charge in [0.15, 0.2) is 5.58 Å². The number of oxazole rings is 1. The normalized spacial score (nSPS) is 18.6. The quantitative estimate of drug-likeness (QED) is 0.839. The first-order valence-electron chi connectivity index (χ1n) is 5.90. The lowest BCUT2D eigenvalue weighted by Crippen LogP contribution is -2.43. The average Bonchev–Trinajstić information content (AvgIpc) is 2.68. The van der Waals surface area contributed by atoms with Crippen molar-refractivity contribution in [2.75, 3.05) is 0 Å². The van der Waals surface area contributed by atoms with Crippen molar-refractivity contribution in [3.05, 3.63) is 29.7 Å². The Balaban J connectivity index is 2.08. The molecule has 1 aliphatic carbocycles. The molecule has 16 heavy (non-hydrogen) atoms. The van der Waals surface area contributed by atoms with Gasteiger partial charge in [0.1, 0.15) is 5.52 Å². The van der Waals surface area contributed by atoms with Gasteiger partial charge in [0.05, 0.1) is 5.54 Å². The largest absolute Gasteiger partial charge is 0.439 e. The Morgan fingerprint density at radius 1 is 1.44 bits per heavy atom. The third-order valence-electron chi connectivity index (χ3n) is 3.53. The molecule has 1 fully saturated rings. The number of hydrogen-bond donors (Lipinski definition) is 1. The number of hydrogen-bond acceptors (Lipinski definition) is 3. The molecule has 1 aromatic heterocycles. The molecule has 0 saturated heterocycles. The van der Waals surface area contributed by atoms with Crippen LogP contribution in [0.25, 0.3) is 11.1 Å². The van der Waals surface area contributed by atoms with Gasteiger partial charge >= 0.3 is 0 Å². The van der Waals surface area contributed by atoms with E-state index >= 15 is 0 Å². The molecule has 0 radical (unpaired) electrons. The van der Waals surface area contributed by atoms with Crippen LogP contribution in [0, 0.1) is 0 Å². The van der Waals surface area contributed by atoms with E-state index < -0.39 is 0 Å². The highest BCUT2D eigenvalue weighted by atomic mass is 16.4. The van der Waals surface area contributed by atoms with Crippen LogP contribution in [0.4, 0.5) is 0 Å². The Morgan fingerprint density at radius 2 is 2.25 bits per heavy atom. The van der Waals surface area contributed by atoms with E-state index in [1.54, 1.807) is 0 Å². The predicted octanol–water partition coefficient (Wildman–Crippen LogP) is 2.73. The molecule has 0 spiro atoms. The van der Waals surface area contributed by atoms with E-state index in [1.165, 1.54) is 12.0 Å². The molecule has 3 heteroatoms. The molecular formula is C13H16N2O. The van der Waals surface area contributed by atoms with E-state index in [0.717, 1.165) is 30.4 Å². The highest BCUT2D eigenvalue weighted by Gasteiger charge is 2.39. The topological polar surface area (TPSA) is 52.0 Å². The summed E-state index contributed by atoms with van der Waals surface area (Å²) in [5.74, 6) is 0.710. The second-order valence-corrected chi connectivity index (χ2v) is 4.68. The van der Waals surface area contributed by atoms with Gasteiger partial charge in [-0.25, -0.2) is 4.98 Å². The van der Waals surface area contributed by atoms with Gasteiger partial charge in [-0.2, -0.15) is 0 Å². The van der Waals surface area contributed by atoms with E-state index in [2.05, 4.69) is 24.0 Å². The molecule has 1 aliphatic rings. The van der Waals surface area contributed by atoms with E-state index in [0.29, 0.717) is 5.89 Å². The molecule has 0 unspecified atom stereocenters. The summed E-state index contributed by atoms with van der Waals surface area (Å²) in [6.45, 7) is 2.14. The molecule has 0 amide bonds. The predicted molar refractivity (Wildman–Crippen MR) is 63.1 cm³/mol. The molecular weight excluding hydrogens is 200 g/mol. The third kappa shape index (κ3) is 1.35. The lowest BCUT2D eigenvalue weighted by Gasteiger charge is -2.34. The van der Waals surface area contributed by atoms with E-state index in [1.807, 2.05) is 6.07 Å². The van der Waals surface area contributed by atoms with Crippen molar-refractivity contribution in [3.63, 3.8) is 0 Å². The number of aryl methyl sites for hydroxylation is 1. The summed E-state index contributed by atoms with van der Waals surface area (Å²) in [5.41, 5.74) is 8.97. The second kappa shape index (κ2) is 3.32. The molecule has 2 N–H and O–H groups in total. The first kappa shape index (κ1) is 9.85. The van der Waals surface area contributed by atoms with Gasteiger partial charge in [-0.3, -0.25) is 0 Å². The zero-order chi connectivity index (χ0) is 11.2. The fourth-order valence-electron chi connectivity index (χ4n) is 2.18. The average molecular weight is 216 g/mol. The van der Waals surface area contributed by atoms with Crippen LogP contribution in [0.15, 0.2) is 22.6 Å². The van der Waals surface area contributed by atoms with Crippen molar-refractivity contribution < 1.29 is 4.42 Å². The zero-order valence-electron chi connectivity index (χ0n) is 9.49. The maximum atomic E-state index is 6.20. The molecule has 3 rings (SSSR count). The van der Waals surface area contributed by atoms with Crippen LogP contribution < -0.4 is 5.73 Å². The van der Waals surface area contributed by atoms with Crippen LogP contribution in [0.1, 0.15) is 37.6 Å². The van der Waals surface area contributed by atoms with Crippen molar-refractivity contribution in [1.82, 2.24) is 4.98 Å². The molecule has 0 aliphatic heterocycles. The first-order valence-corrected chi connectivity index (χ1v) is 5.90. The van der Waals surface area contributed by atoms with Gasteiger partial charge in [0.25, 0.3) is 0 Å². The van der Waals surface area contributed by atoms with Gasteiger partial charge in [-0.05, 0) is 43.4 Å². The Morgan fingerprint density at radius 3 is 2.88 bits per heavy atom. The summed E-state index contributed by atoms with van der Waals surface area (Å²) >= 11 is 0. The van der Waals surface area contributed by atoms with Gasteiger partial charge in [-0.1, -0.05) is 13.0 Å². The minimum atomic E-state index is -0.300. The molecule has 1 heterocycles. The molecule has 3 nitrogen and oxygen atoms in total. The van der Waals surface area contributed by atoms with Gasteiger partial charge in [0, 0.05) is 0 Å². The SMILES string of the molecule is CCc1ccc2oc(C3(N)CCC3)nc2c1. The van der Waals surface area contributed by atoms with E-state index in [9.17, 15) is 0 Å². The Bertz CT molecular complexity index is 526. The van der Waals surface area contributed by atoms with Gasteiger partial charge in [0.2, 0.25) is 5.89 Å². The summed E-state index contributed by atoms with van der Waals surface area (Å²) in [6, 6.07) is 6.16. The number of aromatic nitrogens is 1. The highest BCUT2D eigenvalue weighted by Crippen LogP contribution is 2.39. The lowest BCUT2D eigenvalue weighted by molar-refractivity contribution is 0.203. The Kier molecular flexibility index (Phi) is 2.04. The molecule has 84 valence electrons. The lowest BCUT2D eigenvalue weighted by atomic mass is 9.78. The maximum absolute atomic E-state index is 6.20. The molecule has 1 aromatic carbocycles. The summed E-state index contributed by atoms with van der Waals surface area (Å²) in [7, 11) is 0. The van der Waals surface area contributed by atoms with Crippen LogP contribution in [0.3, 0.4) is 0 Å². The monoisotopic (exact) mass is 216 g/mol. The summed E-state index contributed by atoms with van der Waals surface area (Å²) in [4.78, 5) is 4.52. The van der Waals surface area contributed by atoms with Crippen LogP contribution in [0.2, 0.25) is 0 Å². The number of rotatable bonds is 2. The van der Waals surface area contributed by atoms with Crippen molar-refractivity contribution in [1.29, 1.82) is 0 Å². The number of benzene rings is 1. The molecule has 2 aromatic rings. The van der Waals surface area contributed by atoms with Crippen LogP contribution in [0.5, 0.6) is 0 Å². The zero-order valence-corrected chi connectivity index (χ0v) is 9.49. The standard InChI is InChI=1S/C13H16N2O/c1-2-9-4-5-11-10(8-9)15-12(16-11)13(14)6-3-7-13/h4-5,8H,2-3,6-7,14H2,1H3. The minimum absolute atomic E-state index is 0.300. The Labute approximate surface area is 94.7 Å². The fraction of sp³-hybridized carbons (Fsp3) is 0.462. The van der Waals surface area contributed by atoms with Crippen LogP contribution in [-0.4, -0.2) is 4.98 Å². The van der Waals surface area contributed by atoms with Crippen molar-refractivity contribution in [3.8, 4) is 0 Å². The second-order valence-electron chi connectivity index (χ2n) is 4.68. The van der Waals surface area contributed by atoms with E-state index in [-0.39, 0.29) is 5.54 Å². The summed E-state index contributed by atoms with van der Waals surface area (Å²) < 4.78 is 5.74. The highest BCUT2D eigenvalue weighted by molar-refractivity contribution is 5.73. The Hall–Kier alpha value is -1.35. The smallest absolute Gasteiger partial charge is 0.215 e. The van der Waals surface area contributed by atoms with E-state index in [4.69, 9.17) is 10.2 Å². The van der Waals surface area contributed by atoms with Crippen LogP contribution in [-0.2, 0) is 12.0 Å². The summed E-state index contributed by atoms with van der Waals surface area (Å²) in [5, 5.41) is 0. The summed E-state index contributed by atoms with van der Waals surface area (Å²) in [6.07, 6.45) is 4.17. The maximum Gasteiger partial charge on any atom is 0.215 e. The first-order chi connectivity index (χ1) is 7.71. The number of fused-ring (bicyclic) bond motifs is 1. The van der Waals surface area contributed by atoms with Crippen LogP contribution >= 0.6 is 0 Å². The molecule has 0 atom stereocenters. The minimum Gasteiger partial charge on any atom is -0.439 e. The number of nitrogens with zero attached hydrogens (tertiary/aromatic N) is 1. The third-order valence-corrected chi connectivity index (χ3v) is 3.53. The van der Waals surface area contributed by atoms with Gasteiger partial charge in [-0.15, -0.1) is 0 Å². The fourth-order valence-corrected chi connectivity index (χ4v) is 2.18. The van der Waals surface area contributed by atoms with Gasteiger partial charge < -0.3 is 10.2 Å². The number of nitrogens with two attached hydrogens (primary N) is 1.